The van der Waals surface area contributed by atoms with Gasteiger partial charge in [0.15, 0.2) is 0 Å². The van der Waals surface area contributed by atoms with Crippen LogP contribution in [-0.4, -0.2) is 33.8 Å². The van der Waals surface area contributed by atoms with Gasteiger partial charge >= 0.3 is 27.3 Å². The number of quaternary nitrogens is 1. The minimum absolute atomic E-state index is 0. The number of hydrogen-bond acceptors (Lipinski definition) is 0. The summed E-state index contributed by atoms with van der Waals surface area (Å²) in [5, 5.41) is 0. The molecule has 0 fully saturated rings. The molecular formula is C4H12I3NPb. The smallest absolute Gasteiger partial charge is 1.00 e. The number of unbranched alkanes of at least 4 members (excludes halogenated alkanes) is 1. The average Bonchev–Trinajstić information content (AvgIpc) is 1.41. The molecule has 58 valence electrons. The van der Waals surface area contributed by atoms with E-state index in [4.69, 9.17) is 0 Å². The topological polar surface area (TPSA) is 27.6 Å². The molecule has 0 atom stereocenters. The third kappa shape index (κ3) is 35.4. The molecule has 5 heteroatoms. The minimum atomic E-state index is 0. The van der Waals surface area contributed by atoms with E-state index in [1.54, 1.807) is 0 Å². The van der Waals surface area contributed by atoms with E-state index in [9.17, 15) is 0 Å². The molecule has 0 saturated heterocycles. The monoisotopic (exact) mass is 663 g/mol. The van der Waals surface area contributed by atoms with E-state index in [0.717, 1.165) is 6.54 Å². The van der Waals surface area contributed by atoms with Crippen LogP contribution in [0.3, 0.4) is 0 Å². The quantitative estimate of drug-likeness (QED) is 0.225. The first kappa shape index (κ1) is 29.6. The Morgan fingerprint density at radius 2 is 1.44 bits per heavy atom. The molecule has 0 aromatic heterocycles. The van der Waals surface area contributed by atoms with Crippen molar-refractivity contribution in [3.05, 3.63) is 0 Å². The van der Waals surface area contributed by atoms with Crippen LogP contribution in [0.25, 0.3) is 0 Å². The Bertz CT molecular complexity index is 23.3. The second-order valence-electron chi connectivity index (χ2n) is 1.21. The van der Waals surface area contributed by atoms with Crippen molar-refractivity contribution in [3.63, 3.8) is 0 Å². The Labute approximate surface area is 129 Å². The van der Waals surface area contributed by atoms with E-state index in [-0.39, 0.29) is 99.2 Å². The van der Waals surface area contributed by atoms with Crippen molar-refractivity contribution < 1.29 is 77.7 Å². The van der Waals surface area contributed by atoms with Crippen molar-refractivity contribution in [1.29, 1.82) is 0 Å². The third-order valence-corrected chi connectivity index (χ3v) is 0.604. The molecule has 0 aliphatic carbocycles. The molecule has 0 rings (SSSR count). The molecule has 0 bridgehead atoms. The maximum Gasteiger partial charge on any atom is 2.00 e. The summed E-state index contributed by atoms with van der Waals surface area (Å²) in [4.78, 5) is 0. The van der Waals surface area contributed by atoms with E-state index in [2.05, 4.69) is 12.7 Å². The van der Waals surface area contributed by atoms with Crippen molar-refractivity contribution >= 4 is 27.3 Å². The Balaban J connectivity index is -0.0000000133. The van der Waals surface area contributed by atoms with Crippen LogP contribution in [0, 0.1) is 0 Å². The summed E-state index contributed by atoms with van der Waals surface area (Å²) in [5.41, 5.74) is 3.68. The van der Waals surface area contributed by atoms with Gasteiger partial charge in [-0.1, -0.05) is 13.3 Å². The largest absolute Gasteiger partial charge is 2.00 e. The molecule has 9 heavy (non-hydrogen) atoms. The Morgan fingerprint density at radius 1 is 1.11 bits per heavy atom. The number of halogens is 3. The summed E-state index contributed by atoms with van der Waals surface area (Å²) in [6, 6.07) is 0. The van der Waals surface area contributed by atoms with Crippen molar-refractivity contribution in [2.75, 3.05) is 6.54 Å². The maximum atomic E-state index is 3.68. The van der Waals surface area contributed by atoms with Gasteiger partial charge in [-0.05, 0) is 6.42 Å². The second-order valence-corrected chi connectivity index (χ2v) is 1.21. The zero-order chi connectivity index (χ0) is 4.12. The fraction of sp³-hybridized carbons (Fsp3) is 1.00. The van der Waals surface area contributed by atoms with Gasteiger partial charge in [0.25, 0.3) is 0 Å². The molecule has 3 N–H and O–H groups in total. The standard InChI is InChI=1S/C4H11N.3HI.Pb/c1-2-3-4-5;;;;/h2-5H2,1H3;3*1H;/q;;;;+2/p-2. The summed E-state index contributed by atoms with van der Waals surface area (Å²) in [5.74, 6) is 0. The van der Waals surface area contributed by atoms with E-state index in [1.807, 2.05) is 0 Å². The summed E-state index contributed by atoms with van der Waals surface area (Å²) >= 11 is 0. The first-order chi connectivity index (χ1) is 2.41. The average molecular weight is 662 g/mol. The van der Waals surface area contributed by atoms with Crippen LogP contribution in [0.5, 0.6) is 0 Å². The summed E-state index contributed by atoms with van der Waals surface area (Å²) in [6.07, 6.45) is 2.56. The molecule has 0 saturated carbocycles. The summed E-state index contributed by atoms with van der Waals surface area (Å²) in [6.45, 7) is 3.27. The zero-order valence-electron chi connectivity index (χ0n) is 5.46. The normalized spacial score (nSPS) is 4.67. The zero-order valence-corrected chi connectivity index (χ0v) is 15.8. The molecule has 2 radical (unpaired) electrons. The molecule has 0 aliphatic rings. The maximum absolute atomic E-state index is 3.68. The van der Waals surface area contributed by atoms with Crippen molar-refractivity contribution in [2.45, 2.75) is 19.8 Å². The van der Waals surface area contributed by atoms with Gasteiger partial charge in [-0.2, -0.15) is 0 Å². The molecule has 0 aromatic carbocycles. The molecule has 1 nitrogen and oxygen atoms in total. The van der Waals surface area contributed by atoms with Gasteiger partial charge in [-0.25, -0.2) is 0 Å². The molecule has 0 heterocycles. The first-order valence-electron chi connectivity index (χ1n) is 2.21. The van der Waals surface area contributed by atoms with Gasteiger partial charge in [-0.15, -0.1) is 0 Å². The fourth-order valence-corrected chi connectivity index (χ4v) is 0.250. The molecule has 0 unspecified atom stereocenters. The van der Waals surface area contributed by atoms with Crippen LogP contribution < -0.4 is 77.7 Å². The second kappa shape index (κ2) is 30.5. The van der Waals surface area contributed by atoms with Gasteiger partial charge < -0.3 is 77.7 Å². The van der Waals surface area contributed by atoms with E-state index in [1.165, 1.54) is 12.8 Å². The molecule has 0 amide bonds. The minimum Gasteiger partial charge on any atom is -1.00 e. The van der Waals surface area contributed by atoms with Crippen molar-refractivity contribution in [3.8, 4) is 0 Å². The van der Waals surface area contributed by atoms with Crippen LogP contribution in [0.15, 0.2) is 0 Å². The first-order valence-corrected chi connectivity index (χ1v) is 2.21. The van der Waals surface area contributed by atoms with Crippen LogP contribution >= 0.6 is 0 Å². The van der Waals surface area contributed by atoms with E-state index in [0.29, 0.717) is 0 Å². The predicted octanol–water partition coefficient (Wildman–Crippen LogP) is -9.34. The van der Waals surface area contributed by atoms with Gasteiger partial charge in [0, 0.05) is 0 Å². The third-order valence-electron chi connectivity index (χ3n) is 0.604. The van der Waals surface area contributed by atoms with Crippen molar-refractivity contribution in [2.24, 2.45) is 0 Å². The Morgan fingerprint density at radius 3 is 1.44 bits per heavy atom. The number of hydrogen-bond donors (Lipinski definition) is 1. The van der Waals surface area contributed by atoms with Gasteiger partial charge in [0.05, 0.1) is 6.54 Å². The van der Waals surface area contributed by atoms with Crippen LogP contribution in [0.4, 0.5) is 0 Å². The Hall–Kier alpha value is 3.07. The Kier molecular flexibility index (Phi) is 100. The van der Waals surface area contributed by atoms with E-state index >= 15 is 0 Å². The van der Waals surface area contributed by atoms with Gasteiger partial charge in [-0.3, -0.25) is 0 Å². The summed E-state index contributed by atoms with van der Waals surface area (Å²) < 4.78 is 0. The van der Waals surface area contributed by atoms with E-state index < -0.39 is 0 Å². The van der Waals surface area contributed by atoms with Crippen LogP contribution in [0.2, 0.25) is 0 Å². The summed E-state index contributed by atoms with van der Waals surface area (Å²) in [7, 11) is 0. The fourth-order valence-electron chi connectivity index (χ4n) is 0.250. The van der Waals surface area contributed by atoms with Crippen molar-refractivity contribution in [1.82, 2.24) is 0 Å². The predicted molar refractivity (Wildman–Crippen MR) is 28.4 cm³/mol. The van der Waals surface area contributed by atoms with Crippen LogP contribution in [-0.2, 0) is 0 Å². The molecular weight excluding hydrogens is 650 g/mol. The van der Waals surface area contributed by atoms with Crippen LogP contribution in [0.1, 0.15) is 19.8 Å². The SMILES string of the molecule is CCCC[NH3+].[I-].[I-].[I-].[Pb+2]. The molecule has 0 aromatic rings. The van der Waals surface area contributed by atoms with Gasteiger partial charge in [0.1, 0.15) is 0 Å². The molecule has 0 aliphatic heterocycles. The number of rotatable bonds is 2. The molecule has 0 spiro atoms. The van der Waals surface area contributed by atoms with Gasteiger partial charge in [0.2, 0.25) is 0 Å².